The standard InChI is InChI=1S/C10H19N3O/c1-8-6-13(7-9(2)14-8)4-3-10(12)5-11/h8-10H,3-4,6-7,12H2,1-2H3. The Balaban J connectivity index is 2.27. The molecule has 80 valence electrons. The maximum atomic E-state index is 8.55. The average molecular weight is 197 g/mol. The summed E-state index contributed by atoms with van der Waals surface area (Å²) in [7, 11) is 0. The van der Waals surface area contributed by atoms with Gasteiger partial charge in [-0.05, 0) is 20.3 Å². The second-order valence-corrected chi connectivity index (χ2v) is 4.04. The molecule has 0 radical (unpaired) electrons. The summed E-state index contributed by atoms with van der Waals surface area (Å²) >= 11 is 0. The van der Waals surface area contributed by atoms with E-state index in [1.165, 1.54) is 0 Å². The van der Waals surface area contributed by atoms with E-state index >= 15 is 0 Å². The quantitative estimate of drug-likeness (QED) is 0.708. The van der Waals surface area contributed by atoms with Gasteiger partial charge in [0, 0.05) is 19.6 Å². The van der Waals surface area contributed by atoms with Crippen molar-refractivity contribution >= 4 is 0 Å². The predicted octanol–water partition coefficient (Wildman–Crippen LogP) is 0.337. The Hall–Kier alpha value is -0.630. The largest absolute Gasteiger partial charge is 0.373 e. The summed E-state index contributed by atoms with van der Waals surface area (Å²) in [4.78, 5) is 2.32. The van der Waals surface area contributed by atoms with Crippen LogP contribution in [0.25, 0.3) is 0 Å². The van der Waals surface area contributed by atoms with Crippen LogP contribution in [0.1, 0.15) is 20.3 Å². The maximum absolute atomic E-state index is 8.55. The molecule has 4 heteroatoms. The van der Waals surface area contributed by atoms with Gasteiger partial charge in [-0.1, -0.05) is 0 Å². The van der Waals surface area contributed by atoms with Gasteiger partial charge in [-0.25, -0.2) is 0 Å². The molecule has 3 unspecified atom stereocenters. The van der Waals surface area contributed by atoms with Crippen LogP contribution in [0.15, 0.2) is 0 Å². The van der Waals surface area contributed by atoms with E-state index in [2.05, 4.69) is 18.7 Å². The summed E-state index contributed by atoms with van der Waals surface area (Å²) in [6.07, 6.45) is 1.32. The minimum atomic E-state index is -0.330. The minimum absolute atomic E-state index is 0.289. The monoisotopic (exact) mass is 197 g/mol. The molecule has 3 atom stereocenters. The lowest BCUT2D eigenvalue weighted by Crippen LogP contribution is -2.46. The highest BCUT2D eigenvalue weighted by molar-refractivity contribution is 4.87. The summed E-state index contributed by atoms with van der Waals surface area (Å²) in [5, 5.41) is 8.55. The van der Waals surface area contributed by atoms with Crippen LogP contribution >= 0.6 is 0 Å². The Labute approximate surface area is 85.6 Å². The van der Waals surface area contributed by atoms with Crippen molar-refractivity contribution in [2.75, 3.05) is 19.6 Å². The first-order chi connectivity index (χ1) is 6.61. The smallest absolute Gasteiger partial charge is 0.0940 e. The number of hydrogen-bond acceptors (Lipinski definition) is 4. The molecule has 1 aliphatic heterocycles. The van der Waals surface area contributed by atoms with Gasteiger partial charge in [0.1, 0.15) is 0 Å². The van der Waals surface area contributed by atoms with Gasteiger partial charge in [-0.15, -0.1) is 0 Å². The molecule has 14 heavy (non-hydrogen) atoms. The minimum Gasteiger partial charge on any atom is -0.373 e. The van der Waals surface area contributed by atoms with Crippen LogP contribution in [0.5, 0.6) is 0 Å². The van der Waals surface area contributed by atoms with Crippen LogP contribution in [-0.4, -0.2) is 42.8 Å². The van der Waals surface area contributed by atoms with Crippen LogP contribution in [0.2, 0.25) is 0 Å². The van der Waals surface area contributed by atoms with E-state index in [-0.39, 0.29) is 18.2 Å². The van der Waals surface area contributed by atoms with E-state index in [4.69, 9.17) is 15.7 Å². The lowest BCUT2D eigenvalue weighted by Gasteiger charge is -2.35. The van der Waals surface area contributed by atoms with Gasteiger partial charge < -0.3 is 10.5 Å². The van der Waals surface area contributed by atoms with Crippen LogP contribution in [0.4, 0.5) is 0 Å². The summed E-state index contributed by atoms with van der Waals surface area (Å²) < 4.78 is 5.61. The van der Waals surface area contributed by atoms with Gasteiger partial charge in [0.2, 0.25) is 0 Å². The van der Waals surface area contributed by atoms with E-state index in [0.717, 1.165) is 26.1 Å². The van der Waals surface area contributed by atoms with E-state index in [9.17, 15) is 0 Å². The number of nitrogens with two attached hydrogens (primary N) is 1. The van der Waals surface area contributed by atoms with Gasteiger partial charge in [0.15, 0.2) is 0 Å². The molecular weight excluding hydrogens is 178 g/mol. The third-order valence-electron chi connectivity index (χ3n) is 2.42. The van der Waals surface area contributed by atoms with Crippen molar-refractivity contribution in [3.63, 3.8) is 0 Å². The number of ether oxygens (including phenoxy) is 1. The van der Waals surface area contributed by atoms with Gasteiger partial charge in [-0.3, -0.25) is 4.90 Å². The Morgan fingerprint density at radius 1 is 1.50 bits per heavy atom. The second-order valence-electron chi connectivity index (χ2n) is 4.04. The third-order valence-corrected chi connectivity index (χ3v) is 2.42. The van der Waals surface area contributed by atoms with Crippen molar-refractivity contribution < 1.29 is 4.74 Å². The SMILES string of the molecule is CC1CN(CCC(N)C#N)CC(C)O1. The molecule has 0 aromatic carbocycles. The zero-order valence-corrected chi connectivity index (χ0v) is 8.94. The molecule has 1 aliphatic rings. The molecule has 2 N–H and O–H groups in total. The Bertz CT molecular complexity index is 204. The first-order valence-corrected chi connectivity index (χ1v) is 5.15. The number of hydrogen-bond donors (Lipinski definition) is 1. The Morgan fingerprint density at radius 3 is 2.57 bits per heavy atom. The summed E-state index contributed by atoms with van der Waals surface area (Å²) in [6.45, 7) is 6.94. The van der Waals surface area contributed by atoms with Gasteiger partial charge in [0.25, 0.3) is 0 Å². The average Bonchev–Trinajstić information content (AvgIpc) is 2.12. The highest BCUT2D eigenvalue weighted by Crippen LogP contribution is 2.10. The van der Waals surface area contributed by atoms with E-state index in [1.807, 2.05) is 6.07 Å². The molecule has 0 saturated carbocycles. The van der Waals surface area contributed by atoms with Crippen molar-refractivity contribution in [3.8, 4) is 6.07 Å². The van der Waals surface area contributed by atoms with Gasteiger partial charge >= 0.3 is 0 Å². The second kappa shape index (κ2) is 5.30. The van der Waals surface area contributed by atoms with Crippen molar-refractivity contribution in [1.29, 1.82) is 5.26 Å². The van der Waals surface area contributed by atoms with Crippen LogP contribution < -0.4 is 5.73 Å². The van der Waals surface area contributed by atoms with E-state index in [1.54, 1.807) is 0 Å². The number of nitrogens with zero attached hydrogens (tertiary/aromatic N) is 2. The van der Waals surface area contributed by atoms with Crippen LogP contribution in [-0.2, 0) is 4.74 Å². The molecular formula is C10H19N3O. The lowest BCUT2D eigenvalue weighted by atomic mass is 10.2. The van der Waals surface area contributed by atoms with Crippen LogP contribution in [0.3, 0.4) is 0 Å². The molecule has 1 fully saturated rings. The predicted molar refractivity (Wildman–Crippen MR) is 54.7 cm³/mol. The summed E-state index contributed by atoms with van der Waals surface area (Å²) in [6, 6.07) is 1.72. The maximum Gasteiger partial charge on any atom is 0.0940 e. The molecule has 0 aliphatic carbocycles. The van der Waals surface area contributed by atoms with Gasteiger partial charge in [-0.2, -0.15) is 5.26 Å². The van der Waals surface area contributed by atoms with E-state index < -0.39 is 0 Å². The highest BCUT2D eigenvalue weighted by Gasteiger charge is 2.21. The topological polar surface area (TPSA) is 62.3 Å². The fraction of sp³-hybridized carbons (Fsp3) is 0.900. The Kier molecular flexibility index (Phi) is 4.33. The molecule has 4 nitrogen and oxygen atoms in total. The van der Waals surface area contributed by atoms with Crippen molar-refractivity contribution in [1.82, 2.24) is 4.90 Å². The normalized spacial score (nSPS) is 31.0. The lowest BCUT2D eigenvalue weighted by molar-refractivity contribution is -0.0681. The van der Waals surface area contributed by atoms with E-state index in [0.29, 0.717) is 0 Å². The molecule has 0 aromatic rings. The van der Waals surface area contributed by atoms with Crippen molar-refractivity contribution in [2.24, 2.45) is 5.73 Å². The molecule has 1 heterocycles. The number of nitriles is 1. The number of rotatable bonds is 3. The zero-order valence-electron chi connectivity index (χ0n) is 8.94. The first-order valence-electron chi connectivity index (χ1n) is 5.15. The zero-order chi connectivity index (χ0) is 10.6. The molecule has 0 amide bonds. The molecule has 1 rings (SSSR count). The molecule has 0 spiro atoms. The third kappa shape index (κ3) is 3.62. The molecule has 1 saturated heterocycles. The fourth-order valence-electron chi connectivity index (χ4n) is 1.85. The first kappa shape index (κ1) is 11.4. The molecule has 0 bridgehead atoms. The van der Waals surface area contributed by atoms with Crippen molar-refractivity contribution in [2.45, 2.75) is 38.5 Å². The molecule has 0 aromatic heterocycles. The Morgan fingerprint density at radius 2 is 2.07 bits per heavy atom. The van der Waals surface area contributed by atoms with Crippen LogP contribution in [0, 0.1) is 11.3 Å². The van der Waals surface area contributed by atoms with Gasteiger partial charge in [0.05, 0.1) is 24.3 Å². The summed E-state index contributed by atoms with van der Waals surface area (Å²) in [5.74, 6) is 0. The number of morpholine rings is 1. The fourth-order valence-corrected chi connectivity index (χ4v) is 1.85. The van der Waals surface area contributed by atoms with Crippen molar-refractivity contribution in [3.05, 3.63) is 0 Å². The summed E-state index contributed by atoms with van der Waals surface area (Å²) in [5.41, 5.74) is 5.54. The highest BCUT2D eigenvalue weighted by atomic mass is 16.5.